The number of primary amides is 1. The van der Waals surface area contributed by atoms with Gasteiger partial charge in [0.15, 0.2) is 0 Å². The van der Waals surface area contributed by atoms with Crippen LogP contribution in [0.25, 0.3) is 0 Å². The van der Waals surface area contributed by atoms with E-state index in [-0.39, 0.29) is 0 Å². The number of hydrogen-bond acceptors (Lipinski definition) is 1. The maximum atomic E-state index is 10.7. The van der Waals surface area contributed by atoms with Crippen molar-refractivity contribution in [3.63, 3.8) is 0 Å². The van der Waals surface area contributed by atoms with Crippen LogP contribution in [0.2, 0.25) is 0 Å². The van der Waals surface area contributed by atoms with Crippen LogP contribution in [-0.4, -0.2) is 6.03 Å². The highest BCUT2D eigenvalue weighted by Gasteiger charge is 2.01. The summed E-state index contributed by atoms with van der Waals surface area (Å²) in [6.07, 6.45) is 3.39. The maximum Gasteiger partial charge on any atom is 0.316 e. The number of unbranched alkanes of at least 4 members (excludes halogenated alkanes) is 1. The van der Waals surface area contributed by atoms with Crippen LogP contribution in [0.4, 0.5) is 10.5 Å². The molecule has 0 saturated carbocycles. The predicted molar refractivity (Wildman–Crippen MR) is 63.0 cm³/mol. The summed E-state index contributed by atoms with van der Waals surface area (Å²) < 4.78 is 0. The Morgan fingerprint density at radius 1 is 1.47 bits per heavy atom. The molecule has 1 rings (SSSR count). The van der Waals surface area contributed by atoms with Gasteiger partial charge in [0, 0.05) is 5.69 Å². The molecule has 0 saturated heterocycles. The van der Waals surface area contributed by atoms with Gasteiger partial charge in [-0.3, -0.25) is 0 Å². The third kappa shape index (κ3) is 3.62. The lowest BCUT2D eigenvalue weighted by molar-refractivity contribution is 0.259. The van der Waals surface area contributed by atoms with Gasteiger partial charge in [-0.2, -0.15) is 0 Å². The Kier molecular flexibility index (Phi) is 4.16. The molecule has 1 aromatic carbocycles. The molecule has 3 heteroatoms. The summed E-state index contributed by atoms with van der Waals surface area (Å²) in [5.41, 5.74) is 8.38. The molecule has 15 heavy (non-hydrogen) atoms. The zero-order chi connectivity index (χ0) is 11.3. The molecule has 0 heterocycles. The van der Waals surface area contributed by atoms with Crippen LogP contribution < -0.4 is 11.1 Å². The smallest absolute Gasteiger partial charge is 0.316 e. The fraction of sp³-hybridized carbons (Fsp3) is 0.417. The average Bonchev–Trinajstić information content (AvgIpc) is 2.18. The number of hydrogen-bond donors (Lipinski definition) is 2. The van der Waals surface area contributed by atoms with Gasteiger partial charge in [-0.1, -0.05) is 19.4 Å². The van der Waals surface area contributed by atoms with E-state index in [0.717, 1.165) is 12.1 Å². The van der Waals surface area contributed by atoms with Crippen molar-refractivity contribution in [1.82, 2.24) is 0 Å². The second kappa shape index (κ2) is 5.39. The molecule has 82 valence electrons. The lowest BCUT2D eigenvalue weighted by Crippen LogP contribution is -2.19. The normalized spacial score (nSPS) is 10.0. The van der Waals surface area contributed by atoms with E-state index in [2.05, 4.69) is 19.2 Å². The van der Waals surface area contributed by atoms with Crippen molar-refractivity contribution in [2.75, 3.05) is 5.32 Å². The molecule has 3 nitrogen and oxygen atoms in total. The summed E-state index contributed by atoms with van der Waals surface area (Å²) in [5, 5.41) is 2.59. The minimum Gasteiger partial charge on any atom is -0.351 e. The Balaban J connectivity index is 2.79. The predicted octanol–water partition coefficient (Wildman–Crippen LogP) is 2.83. The second-order valence-electron chi connectivity index (χ2n) is 3.73. The van der Waals surface area contributed by atoms with Gasteiger partial charge in [0.2, 0.25) is 0 Å². The van der Waals surface area contributed by atoms with Crippen LogP contribution in [0.3, 0.4) is 0 Å². The lowest BCUT2D eigenvalue weighted by atomic mass is 10.0. The number of nitrogens with two attached hydrogens (primary N) is 1. The van der Waals surface area contributed by atoms with Crippen molar-refractivity contribution in [2.24, 2.45) is 5.73 Å². The molecule has 0 atom stereocenters. The first-order valence-electron chi connectivity index (χ1n) is 5.29. The molecule has 0 radical (unpaired) electrons. The first-order valence-corrected chi connectivity index (χ1v) is 5.29. The van der Waals surface area contributed by atoms with Crippen molar-refractivity contribution in [3.8, 4) is 0 Å². The number of amides is 2. The Hall–Kier alpha value is -1.51. The monoisotopic (exact) mass is 206 g/mol. The van der Waals surface area contributed by atoms with E-state index in [9.17, 15) is 4.79 Å². The van der Waals surface area contributed by atoms with Crippen molar-refractivity contribution in [1.29, 1.82) is 0 Å². The molecule has 0 aromatic heterocycles. The van der Waals surface area contributed by atoms with E-state index >= 15 is 0 Å². The number of urea groups is 1. The molecule has 0 bridgehead atoms. The summed E-state index contributed by atoms with van der Waals surface area (Å²) in [5.74, 6) is 0. The lowest BCUT2D eigenvalue weighted by Gasteiger charge is -2.08. The minimum atomic E-state index is -0.514. The van der Waals surface area contributed by atoms with Gasteiger partial charge < -0.3 is 11.1 Å². The first-order chi connectivity index (χ1) is 7.13. The minimum absolute atomic E-state index is 0.514. The summed E-state index contributed by atoms with van der Waals surface area (Å²) in [6.45, 7) is 4.25. The number of nitrogens with one attached hydrogen (secondary N) is 1. The third-order valence-electron chi connectivity index (χ3n) is 2.42. The number of carbonyl (C=O) groups excluding carboxylic acids is 1. The second-order valence-corrected chi connectivity index (χ2v) is 3.73. The molecule has 1 aromatic rings. The molecular weight excluding hydrogens is 188 g/mol. The highest BCUT2D eigenvalue weighted by atomic mass is 16.2. The van der Waals surface area contributed by atoms with Gasteiger partial charge in [0.1, 0.15) is 0 Å². The number of aryl methyl sites for hydroxylation is 2. The van der Waals surface area contributed by atoms with Crippen LogP contribution in [0.5, 0.6) is 0 Å². The van der Waals surface area contributed by atoms with Crippen LogP contribution in [0.1, 0.15) is 30.9 Å². The van der Waals surface area contributed by atoms with E-state index in [1.165, 1.54) is 24.0 Å². The highest BCUT2D eigenvalue weighted by molar-refractivity contribution is 5.87. The van der Waals surface area contributed by atoms with Gasteiger partial charge in [-0.05, 0) is 43.0 Å². The van der Waals surface area contributed by atoms with E-state index in [0.29, 0.717) is 0 Å². The number of anilines is 1. The molecule has 0 spiro atoms. The first kappa shape index (κ1) is 11.6. The van der Waals surface area contributed by atoms with Crippen LogP contribution >= 0.6 is 0 Å². The van der Waals surface area contributed by atoms with Crippen LogP contribution in [0.15, 0.2) is 18.2 Å². The van der Waals surface area contributed by atoms with Crippen LogP contribution in [-0.2, 0) is 6.42 Å². The standard InChI is InChI=1S/C12H18N2O/c1-3-4-5-10-8-11(14-12(13)15)7-6-9(10)2/h6-8H,3-5H2,1-2H3,(H3,13,14,15). The number of benzene rings is 1. The average molecular weight is 206 g/mol. The van der Waals surface area contributed by atoms with Crippen molar-refractivity contribution >= 4 is 11.7 Å². The summed E-state index contributed by atoms with van der Waals surface area (Å²) in [6, 6.07) is 5.36. The molecule has 0 unspecified atom stereocenters. The molecule has 0 aliphatic rings. The van der Waals surface area contributed by atoms with Crippen molar-refractivity contribution < 1.29 is 4.79 Å². The third-order valence-corrected chi connectivity index (χ3v) is 2.42. The molecule has 0 aliphatic carbocycles. The van der Waals surface area contributed by atoms with Gasteiger partial charge in [-0.25, -0.2) is 4.79 Å². The zero-order valence-corrected chi connectivity index (χ0v) is 9.34. The van der Waals surface area contributed by atoms with Gasteiger partial charge in [0.05, 0.1) is 0 Å². The van der Waals surface area contributed by atoms with Crippen molar-refractivity contribution in [2.45, 2.75) is 33.1 Å². The Labute approximate surface area is 90.7 Å². The summed E-state index contributed by atoms with van der Waals surface area (Å²) >= 11 is 0. The van der Waals surface area contributed by atoms with E-state index in [1.54, 1.807) is 0 Å². The van der Waals surface area contributed by atoms with Gasteiger partial charge in [0.25, 0.3) is 0 Å². The number of rotatable bonds is 4. The fourth-order valence-electron chi connectivity index (χ4n) is 1.53. The quantitative estimate of drug-likeness (QED) is 0.782. The topological polar surface area (TPSA) is 55.1 Å². The van der Waals surface area contributed by atoms with Gasteiger partial charge >= 0.3 is 6.03 Å². The molecular formula is C12H18N2O. The Morgan fingerprint density at radius 3 is 2.80 bits per heavy atom. The maximum absolute atomic E-state index is 10.7. The number of carbonyl (C=O) groups is 1. The van der Waals surface area contributed by atoms with E-state index < -0.39 is 6.03 Å². The SMILES string of the molecule is CCCCc1cc(NC(N)=O)ccc1C. The fourth-order valence-corrected chi connectivity index (χ4v) is 1.53. The zero-order valence-electron chi connectivity index (χ0n) is 9.34. The highest BCUT2D eigenvalue weighted by Crippen LogP contribution is 2.17. The molecule has 0 fully saturated rings. The molecule has 3 N–H and O–H groups in total. The largest absolute Gasteiger partial charge is 0.351 e. The van der Waals surface area contributed by atoms with E-state index in [4.69, 9.17) is 5.73 Å². The summed E-state index contributed by atoms with van der Waals surface area (Å²) in [4.78, 5) is 10.7. The van der Waals surface area contributed by atoms with Crippen molar-refractivity contribution in [3.05, 3.63) is 29.3 Å². The van der Waals surface area contributed by atoms with E-state index in [1.807, 2.05) is 18.2 Å². The van der Waals surface area contributed by atoms with Gasteiger partial charge in [-0.15, -0.1) is 0 Å². The Bertz CT molecular complexity index is 347. The molecule has 0 aliphatic heterocycles. The Morgan fingerprint density at radius 2 is 2.20 bits per heavy atom. The molecule has 2 amide bonds. The van der Waals surface area contributed by atoms with Crippen LogP contribution in [0, 0.1) is 6.92 Å². The summed E-state index contributed by atoms with van der Waals surface area (Å²) in [7, 11) is 0.